The smallest absolute Gasteiger partial charge is 0.423 e. The van der Waals surface area contributed by atoms with Crippen molar-refractivity contribution in [1.82, 2.24) is 19.3 Å². The predicted molar refractivity (Wildman–Crippen MR) is 123 cm³/mol. The molecule has 1 atom stereocenters. The maximum absolute atomic E-state index is 13.1. The molecule has 3 rings (SSSR count). The van der Waals surface area contributed by atoms with Gasteiger partial charge in [-0.2, -0.15) is 17.5 Å². The molecule has 0 radical (unpaired) electrons. The molecule has 1 amide bonds. The minimum atomic E-state index is -5.05. The van der Waals surface area contributed by atoms with Crippen molar-refractivity contribution in [1.29, 1.82) is 0 Å². The van der Waals surface area contributed by atoms with Crippen LogP contribution in [0.15, 0.2) is 75.3 Å². The fourth-order valence-electron chi connectivity index (χ4n) is 3.36. The van der Waals surface area contributed by atoms with Crippen LogP contribution in [-0.4, -0.2) is 46.5 Å². The van der Waals surface area contributed by atoms with E-state index in [-0.39, 0.29) is 15.7 Å². The number of hydrogen-bond donors (Lipinski definition) is 3. The van der Waals surface area contributed by atoms with Crippen molar-refractivity contribution in [2.45, 2.75) is 30.1 Å². The number of carbonyl (C=O) groups is 1. The van der Waals surface area contributed by atoms with Gasteiger partial charge in [0.1, 0.15) is 23.1 Å². The molecule has 0 aliphatic carbocycles. The number of hydrogen-bond acceptors (Lipinski definition) is 7. The van der Waals surface area contributed by atoms with Gasteiger partial charge in [0.15, 0.2) is 0 Å². The van der Waals surface area contributed by atoms with E-state index < -0.39 is 57.9 Å². The number of benzene rings is 2. The second-order valence-electron chi connectivity index (χ2n) is 7.65. The number of carbonyl (C=O) groups excluding carboxylic acids is 1. The van der Waals surface area contributed by atoms with Gasteiger partial charge in [0.05, 0.1) is 4.90 Å². The normalized spacial score (nSPS) is 12.8. The monoisotopic (exact) mass is 542 g/mol. The summed E-state index contributed by atoms with van der Waals surface area (Å²) in [5, 5.41) is 9.10. The van der Waals surface area contributed by atoms with E-state index in [1.807, 2.05) is 0 Å². The highest BCUT2D eigenvalue weighted by atomic mass is 32.2. The summed E-state index contributed by atoms with van der Waals surface area (Å²) in [7, 11) is -3.38. The van der Waals surface area contributed by atoms with Crippen molar-refractivity contribution in [3.8, 4) is 11.5 Å². The summed E-state index contributed by atoms with van der Waals surface area (Å²) >= 11 is 0. The molecule has 0 saturated heterocycles. The molecule has 0 spiro atoms. The molecular weight excluding hydrogens is 521 g/mol. The number of sulfonamides is 1. The van der Waals surface area contributed by atoms with Crippen LogP contribution in [0.3, 0.4) is 0 Å². The van der Waals surface area contributed by atoms with Crippen LogP contribution in [0.4, 0.5) is 13.2 Å². The SMILES string of the molecule is CN(C(CCn1c(=O)[nH]cc(C(F)(F)F)c1=O)C(=O)NO)S(=O)(=O)c1ccc(Oc2ccccc2)cc1. The Balaban J connectivity index is 1.85. The van der Waals surface area contributed by atoms with Crippen LogP contribution in [0, 0.1) is 0 Å². The number of rotatable bonds is 9. The number of para-hydroxylation sites is 1. The van der Waals surface area contributed by atoms with E-state index in [4.69, 9.17) is 9.94 Å². The number of amides is 1. The van der Waals surface area contributed by atoms with Crippen LogP contribution in [0.25, 0.3) is 0 Å². The van der Waals surface area contributed by atoms with Gasteiger partial charge in [-0.3, -0.25) is 19.4 Å². The third-order valence-corrected chi connectivity index (χ3v) is 7.20. The molecule has 0 fully saturated rings. The number of nitrogens with one attached hydrogen (secondary N) is 2. The first kappa shape index (κ1) is 27.6. The Labute approximate surface area is 207 Å². The number of halogens is 3. The highest BCUT2D eigenvalue weighted by molar-refractivity contribution is 7.89. The van der Waals surface area contributed by atoms with Gasteiger partial charge in [-0.05, 0) is 42.8 Å². The third kappa shape index (κ3) is 6.25. The van der Waals surface area contributed by atoms with Gasteiger partial charge in [0.2, 0.25) is 10.0 Å². The van der Waals surface area contributed by atoms with Crippen molar-refractivity contribution in [3.63, 3.8) is 0 Å². The lowest BCUT2D eigenvalue weighted by Gasteiger charge is -2.26. The topological polar surface area (TPSA) is 151 Å². The molecule has 1 aromatic heterocycles. The summed E-state index contributed by atoms with van der Waals surface area (Å²) in [4.78, 5) is 37.9. The summed E-state index contributed by atoms with van der Waals surface area (Å²) in [6.07, 6.45) is -5.45. The van der Waals surface area contributed by atoms with Crippen molar-refractivity contribution in [3.05, 3.63) is 87.2 Å². The van der Waals surface area contributed by atoms with Crippen molar-refractivity contribution < 1.29 is 36.3 Å². The van der Waals surface area contributed by atoms with Gasteiger partial charge >= 0.3 is 11.9 Å². The molecule has 3 N–H and O–H groups in total. The largest absolute Gasteiger partial charge is 0.457 e. The number of ether oxygens (including phenoxy) is 1. The molecule has 1 unspecified atom stereocenters. The fourth-order valence-corrected chi connectivity index (χ4v) is 4.71. The summed E-state index contributed by atoms with van der Waals surface area (Å²) in [5.74, 6) is -0.401. The van der Waals surface area contributed by atoms with Gasteiger partial charge in [0, 0.05) is 19.8 Å². The zero-order valence-corrected chi connectivity index (χ0v) is 19.9. The highest BCUT2D eigenvalue weighted by Crippen LogP contribution is 2.26. The molecule has 0 saturated carbocycles. The molecule has 1 heterocycles. The Morgan fingerprint density at radius 3 is 2.27 bits per heavy atom. The van der Waals surface area contributed by atoms with Gasteiger partial charge in [0.25, 0.3) is 11.5 Å². The Morgan fingerprint density at radius 1 is 1.11 bits per heavy atom. The fraction of sp³-hybridized carbons (Fsp3) is 0.227. The van der Waals surface area contributed by atoms with E-state index in [0.29, 0.717) is 15.8 Å². The number of aromatic nitrogens is 2. The predicted octanol–water partition coefficient (Wildman–Crippen LogP) is 1.93. The summed E-state index contributed by atoms with van der Waals surface area (Å²) in [6, 6.07) is 12.1. The lowest BCUT2D eigenvalue weighted by molar-refractivity contribution is -0.139. The summed E-state index contributed by atoms with van der Waals surface area (Å²) < 4.78 is 71.7. The van der Waals surface area contributed by atoms with Gasteiger partial charge < -0.3 is 9.72 Å². The first-order chi connectivity index (χ1) is 17.4. The maximum Gasteiger partial charge on any atom is 0.423 e. The van der Waals surface area contributed by atoms with E-state index >= 15 is 0 Å². The van der Waals surface area contributed by atoms with E-state index in [1.165, 1.54) is 29.7 Å². The molecular formula is C22H21F3N4O7S. The first-order valence-corrected chi connectivity index (χ1v) is 11.9. The summed E-state index contributed by atoms with van der Waals surface area (Å²) in [5.41, 5.74) is -3.22. The minimum Gasteiger partial charge on any atom is -0.457 e. The number of H-pyrrole nitrogens is 1. The van der Waals surface area contributed by atoms with E-state index in [1.54, 1.807) is 35.3 Å². The summed E-state index contributed by atoms with van der Waals surface area (Å²) in [6.45, 7) is -0.764. The third-order valence-electron chi connectivity index (χ3n) is 5.32. The van der Waals surface area contributed by atoms with Gasteiger partial charge in [-0.1, -0.05) is 18.2 Å². The molecule has 3 aromatic rings. The van der Waals surface area contributed by atoms with Crippen LogP contribution >= 0.6 is 0 Å². The second-order valence-corrected chi connectivity index (χ2v) is 9.65. The maximum atomic E-state index is 13.1. The van der Waals surface area contributed by atoms with Crippen LogP contribution in [0.5, 0.6) is 11.5 Å². The zero-order valence-electron chi connectivity index (χ0n) is 19.1. The number of alkyl halides is 3. The van der Waals surface area contributed by atoms with Crippen molar-refractivity contribution in [2.24, 2.45) is 0 Å². The molecule has 15 heteroatoms. The molecule has 37 heavy (non-hydrogen) atoms. The average Bonchev–Trinajstić information content (AvgIpc) is 2.85. The van der Waals surface area contributed by atoms with E-state index in [9.17, 15) is 36.0 Å². The lowest BCUT2D eigenvalue weighted by atomic mass is 10.2. The lowest BCUT2D eigenvalue weighted by Crippen LogP contribution is -2.48. The molecule has 0 bridgehead atoms. The molecule has 0 aliphatic rings. The first-order valence-electron chi connectivity index (χ1n) is 10.5. The molecule has 2 aromatic carbocycles. The van der Waals surface area contributed by atoms with E-state index in [0.717, 1.165) is 7.05 Å². The quantitative estimate of drug-likeness (QED) is 0.276. The average molecular weight is 542 g/mol. The molecule has 198 valence electrons. The van der Waals surface area contributed by atoms with E-state index in [2.05, 4.69) is 0 Å². The van der Waals surface area contributed by atoms with Crippen molar-refractivity contribution >= 4 is 15.9 Å². The highest BCUT2D eigenvalue weighted by Gasteiger charge is 2.36. The minimum absolute atomic E-state index is 0.191. The Bertz CT molecular complexity index is 1470. The molecule has 11 nitrogen and oxygen atoms in total. The van der Waals surface area contributed by atoms with Gasteiger partial charge in [-0.25, -0.2) is 18.7 Å². The van der Waals surface area contributed by atoms with Crippen molar-refractivity contribution in [2.75, 3.05) is 7.05 Å². The van der Waals surface area contributed by atoms with Crippen LogP contribution in [0.2, 0.25) is 0 Å². The Hall–Kier alpha value is -3.95. The van der Waals surface area contributed by atoms with Crippen LogP contribution in [-0.2, 0) is 27.5 Å². The molecule has 0 aliphatic heterocycles. The number of aromatic amines is 1. The standard InChI is InChI=1S/C22H21F3N4O7S/c1-28(37(34,35)16-9-7-15(8-10-16)36-14-5-3-2-4-6-14)18(19(30)27-33)11-12-29-20(31)17(22(23,24)25)13-26-21(29)32/h2-10,13,18,33H,11-12H2,1H3,(H,26,32)(H,27,30). The van der Waals surface area contributed by atoms with Gasteiger partial charge in [-0.15, -0.1) is 0 Å². The van der Waals surface area contributed by atoms with Crippen LogP contribution < -0.4 is 21.5 Å². The Morgan fingerprint density at radius 2 is 1.70 bits per heavy atom. The van der Waals surface area contributed by atoms with Crippen LogP contribution in [0.1, 0.15) is 12.0 Å². The Kier molecular flexibility index (Phi) is 8.20. The number of likely N-dealkylation sites (N-methyl/N-ethyl adjacent to an activating group) is 1. The number of hydroxylamine groups is 1. The second kappa shape index (κ2) is 11.0. The number of nitrogens with zero attached hydrogens (tertiary/aromatic N) is 2. The zero-order chi connectivity index (χ0) is 27.4.